The lowest BCUT2D eigenvalue weighted by Gasteiger charge is -2.37. The molecule has 1 saturated heterocycles. The van der Waals surface area contributed by atoms with E-state index in [2.05, 4.69) is 15.1 Å². The molecular formula is C17H13ClN4O2. The van der Waals surface area contributed by atoms with Crippen LogP contribution in [0.2, 0.25) is 5.02 Å². The van der Waals surface area contributed by atoms with E-state index >= 15 is 0 Å². The number of nitrogens with zero attached hydrogens (tertiary/aromatic N) is 4. The number of aromatic nitrogens is 3. The molecule has 1 aliphatic rings. The van der Waals surface area contributed by atoms with Crippen molar-refractivity contribution in [1.29, 1.82) is 0 Å². The Morgan fingerprint density at radius 1 is 1.12 bits per heavy atom. The highest BCUT2D eigenvalue weighted by Gasteiger charge is 2.36. The van der Waals surface area contributed by atoms with Crippen LogP contribution in [0.25, 0.3) is 11.4 Å². The van der Waals surface area contributed by atoms with Crippen LogP contribution < -0.4 is 0 Å². The zero-order valence-electron chi connectivity index (χ0n) is 12.6. The number of carbonyl (C=O) groups is 1. The van der Waals surface area contributed by atoms with Crippen LogP contribution in [0.3, 0.4) is 0 Å². The van der Waals surface area contributed by atoms with Crippen LogP contribution >= 0.6 is 11.6 Å². The summed E-state index contributed by atoms with van der Waals surface area (Å²) in [5.74, 6) is 1.15. The molecule has 2 aromatic heterocycles. The van der Waals surface area contributed by atoms with E-state index in [4.69, 9.17) is 16.1 Å². The fourth-order valence-corrected chi connectivity index (χ4v) is 2.72. The molecule has 1 amide bonds. The highest BCUT2D eigenvalue weighted by Crippen LogP contribution is 2.28. The topological polar surface area (TPSA) is 72.1 Å². The van der Waals surface area contributed by atoms with E-state index in [1.165, 1.54) is 0 Å². The average molecular weight is 341 g/mol. The minimum Gasteiger partial charge on any atom is -0.339 e. The van der Waals surface area contributed by atoms with Gasteiger partial charge in [-0.2, -0.15) is 4.98 Å². The molecule has 1 aliphatic heterocycles. The van der Waals surface area contributed by atoms with E-state index in [-0.39, 0.29) is 11.8 Å². The predicted octanol–water partition coefficient (Wildman–Crippen LogP) is 3.02. The van der Waals surface area contributed by atoms with Gasteiger partial charge in [0.25, 0.3) is 5.91 Å². The number of amides is 1. The molecule has 3 heterocycles. The van der Waals surface area contributed by atoms with Crippen LogP contribution in [0.5, 0.6) is 0 Å². The Balaban J connectivity index is 1.42. The van der Waals surface area contributed by atoms with Crippen LogP contribution in [0.15, 0.2) is 53.3 Å². The van der Waals surface area contributed by atoms with Crippen LogP contribution in [0.1, 0.15) is 22.2 Å². The summed E-state index contributed by atoms with van der Waals surface area (Å²) < 4.78 is 5.34. The number of carbonyl (C=O) groups excluding carboxylic acids is 1. The Kier molecular flexibility index (Phi) is 3.74. The first-order valence-electron chi connectivity index (χ1n) is 7.49. The first kappa shape index (κ1) is 14.8. The summed E-state index contributed by atoms with van der Waals surface area (Å²) in [5.41, 5.74) is 1.48. The smallest absolute Gasteiger partial charge is 0.253 e. The standard InChI is InChI=1S/C17H13ClN4O2/c18-14-3-1-12(2-4-14)17(23)22-9-13(10-22)16-20-15(21-24-16)11-5-7-19-8-6-11/h1-8,13H,9-10H2. The third-order valence-electron chi connectivity index (χ3n) is 3.99. The van der Waals surface area contributed by atoms with Crippen molar-refractivity contribution in [2.24, 2.45) is 0 Å². The summed E-state index contributed by atoms with van der Waals surface area (Å²) in [7, 11) is 0. The molecule has 6 nitrogen and oxygen atoms in total. The summed E-state index contributed by atoms with van der Waals surface area (Å²) in [6.45, 7) is 1.14. The average Bonchev–Trinajstić information content (AvgIpc) is 3.04. The van der Waals surface area contributed by atoms with Gasteiger partial charge in [0.05, 0.1) is 5.92 Å². The molecular weight excluding hydrogens is 328 g/mol. The van der Waals surface area contributed by atoms with E-state index in [0.29, 0.717) is 35.4 Å². The van der Waals surface area contributed by atoms with E-state index in [0.717, 1.165) is 5.56 Å². The molecule has 0 saturated carbocycles. The van der Waals surface area contributed by atoms with Crippen molar-refractivity contribution >= 4 is 17.5 Å². The fourth-order valence-electron chi connectivity index (χ4n) is 2.59. The Morgan fingerprint density at radius 3 is 2.54 bits per heavy atom. The van der Waals surface area contributed by atoms with Gasteiger partial charge in [0.2, 0.25) is 11.7 Å². The molecule has 7 heteroatoms. The van der Waals surface area contributed by atoms with Crippen molar-refractivity contribution < 1.29 is 9.32 Å². The molecule has 120 valence electrons. The Morgan fingerprint density at radius 2 is 1.83 bits per heavy atom. The third-order valence-corrected chi connectivity index (χ3v) is 4.24. The van der Waals surface area contributed by atoms with Gasteiger partial charge in [0, 0.05) is 41.6 Å². The van der Waals surface area contributed by atoms with Crippen molar-refractivity contribution in [3.63, 3.8) is 0 Å². The second-order valence-corrected chi connectivity index (χ2v) is 6.04. The van der Waals surface area contributed by atoms with Gasteiger partial charge in [-0.3, -0.25) is 9.78 Å². The molecule has 0 aliphatic carbocycles. The quantitative estimate of drug-likeness (QED) is 0.732. The largest absolute Gasteiger partial charge is 0.339 e. The first-order valence-corrected chi connectivity index (χ1v) is 7.87. The van der Waals surface area contributed by atoms with Crippen molar-refractivity contribution in [2.45, 2.75) is 5.92 Å². The number of halogens is 1. The number of benzene rings is 1. The monoisotopic (exact) mass is 340 g/mol. The zero-order chi connectivity index (χ0) is 16.5. The highest BCUT2D eigenvalue weighted by molar-refractivity contribution is 6.30. The van der Waals surface area contributed by atoms with Gasteiger partial charge in [-0.25, -0.2) is 0 Å². The van der Waals surface area contributed by atoms with E-state index < -0.39 is 0 Å². The molecule has 24 heavy (non-hydrogen) atoms. The zero-order valence-corrected chi connectivity index (χ0v) is 13.3. The molecule has 0 spiro atoms. The normalized spacial score (nSPS) is 14.5. The molecule has 1 aromatic carbocycles. The van der Waals surface area contributed by atoms with Gasteiger partial charge >= 0.3 is 0 Å². The lowest BCUT2D eigenvalue weighted by Crippen LogP contribution is -2.48. The number of pyridine rings is 1. The molecule has 4 rings (SSSR count). The number of rotatable bonds is 3. The Bertz CT molecular complexity index is 858. The summed E-state index contributed by atoms with van der Waals surface area (Å²) in [4.78, 5) is 22.5. The minimum absolute atomic E-state index is 0.0169. The molecule has 3 aromatic rings. The summed E-state index contributed by atoms with van der Waals surface area (Å²) in [5, 5.41) is 4.61. The number of hydrogen-bond donors (Lipinski definition) is 0. The lowest BCUT2D eigenvalue weighted by atomic mass is 9.99. The van der Waals surface area contributed by atoms with Crippen LogP contribution in [-0.2, 0) is 0 Å². The van der Waals surface area contributed by atoms with E-state index in [1.807, 2.05) is 12.1 Å². The SMILES string of the molecule is O=C(c1ccc(Cl)cc1)N1CC(c2nc(-c3ccncc3)no2)C1. The Hall–Kier alpha value is -2.73. The van der Waals surface area contributed by atoms with Crippen LogP contribution in [-0.4, -0.2) is 39.0 Å². The van der Waals surface area contributed by atoms with Gasteiger partial charge in [0.15, 0.2) is 0 Å². The van der Waals surface area contributed by atoms with Gasteiger partial charge in [-0.1, -0.05) is 16.8 Å². The number of hydrogen-bond acceptors (Lipinski definition) is 5. The maximum absolute atomic E-state index is 12.4. The van der Waals surface area contributed by atoms with Crippen molar-refractivity contribution in [3.8, 4) is 11.4 Å². The van der Waals surface area contributed by atoms with Crippen molar-refractivity contribution in [2.75, 3.05) is 13.1 Å². The molecule has 1 fully saturated rings. The second kappa shape index (κ2) is 6.05. The lowest BCUT2D eigenvalue weighted by molar-refractivity contribution is 0.0569. The minimum atomic E-state index is -0.0169. The molecule has 0 unspecified atom stereocenters. The highest BCUT2D eigenvalue weighted by atomic mass is 35.5. The third kappa shape index (κ3) is 2.76. The maximum Gasteiger partial charge on any atom is 0.253 e. The van der Waals surface area contributed by atoms with Crippen LogP contribution in [0.4, 0.5) is 0 Å². The van der Waals surface area contributed by atoms with Gasteiger partial charge in [-0.15, -0.1) is 0 Å². The molecule has 0 N–H and O–H groups in total. The van der Waals surface area contributed by atoms with E-state index in [1.54, 1.807) is 41.6 Å². The van der Waals surface area contributed by atoms with Crippen LogP contribution in [0, 0.1) is 0 Å². The molecule has 0 radical (unpaired) electrons. The van der Waals surface area contributed by atoms with Crippen molar-refractivity contribution in [3.05, 3.63) is 65.3 Å². The van der Waals surface area contributed by atoms with Gasteiger partial charge < -0.3 is 9.42 Å². The number of likely N-dealkylation sites (tertiary alicyclic amines) is 1. The van der Waals surface area contributed by atoms with Gasteiger partial charge in [0.1, 0.15) is 0 Å². The molecule has 0 bridgehead atoms. The second-order valence-electron chi connectivity index (χ2n) is 5.61. The van der Waals surface area contributed by atoms with Gasteiger partial charge in [-0.05, 0) is 36.4 Å². The molecule has 0 atom stereocenters. The predicted molar refractivity (Wildman–Crippen MR) is 87.6 cm³/mol. The van der Waals surface area contributed by atoms with Crippen molar-refractivity contribution in [1.82, 2.24) is 20.0 Å². The summed E-state index contributed by atoms with van der Waals surface area (Å²) >= 11 is 5.84. The summed E-state index contributed by atoms with van der Waals surface area (Å²) in [6, 6.07) is 10.5. The van der Waals surface area contributed by atoms with E-state index in [9.17, 15) is 4.79 Å². The maximum atomic E-state index is 12.4. The first-order chi connectivity index (χ1) is 11.7. The fraction of sp³-hybridized carbons (Fsp3) is 0.176. The summed E-state index contributed by atoms with van der Waals surface area (Å²) in [6.07, 6.45) is 3.36. The Labute approximate surface area is 143 Å².